The van der Waals surface area contributed by atoms with E-state index in [1.54, 1.807) is 31.9 Å². The Kier molecular flexibility index (Phi) is 5.14. The molecule has 7 nitrogen and oxygen atoms in total. The molecule has 0 aliphatic carbocycles. The average Bonchev–Trinajstić information content (AvgIpc) is 2.98. The van der Waals surface area contributed by atoms with Crippen LogP contribution in [0.1, 0.15) is 12.5 Å². The lowest BCUT2D eigenvalue weighted by Crippen LogP contribution is -2.42. The number of rotatable bonds is 6. The minimum absolute atomic E-state index is 0.00464. The number of hydrogen-bond acceptors (Lipinski definition) is 4. The minimum atomic E-state index is -0.228. The topological polar surface area (TPSA) is 81.1 Å². The molecular formula is C14H19N5O2. The molecule has 2 aromatic rings. The van der Waals surface area contributed by atoms with Crippen LogP contribution in [0.25, 0.3) is 0 Å². The van der Waals surface area contributed by atoms with E-state index in [0.29, 0.717) is 19.0 Å². The number of urea groups is 1. The van der Waals surface area contributed by atoms with Gasteiger partial charge in [-0.1, -0.05) is 6.07 Å². The zero-order valence-electron chi connectivity index (χ0n) is 12.1. The first kappa shape index (κ1) is 14.8. The number of methoxy groups -OCH3 is 1. The summed E-state index contributed by atoms with van der Waals surface area (Å²) in [5, 5.41) is 5.66. The molecule has 0 saturated heterocycles. The molecular weight excluding hydrogens is 270 g/mol. The lowest BCUT2D eigenvalue weighted by atomic mass is 10.2. The number of carbonyl (C=O) groups excluding carboxylic acids is 1. The van der Waals surface area contributed by atoms with E-state index in [0.717, 1.165) is 5.56 Å². The molecule has 0 aliphatic heterocycles. The molecule has 2 amide bonds. The van der Waals surface area contributed by atoms with E-state index in [4.69, 9.17) is 4.74 Å². The van der Waals surface area contributed by atoms with Crippen LogP contribution in [0.3, 0.4) is 0 Å². The zero-order chi connectivity index (χ0) is 15.1. The molecule has 0 spiro atoms. The Morgan fingerprint density at radius 2 is 2.33 bits per heavy atom. The standard InChI is InChI=1S/C14H19N5O2/c1-11(9-19-7-6-15-10-19)18-14(20)17-8-12-4-3-5-16-13(12)21-2/h3-7,10-11H,8-9H2,1-2H3,(H2,17,18,20). The Morgan fingerprint density at radius 3 is 3.05 bits per heavy atom. The molecule has 1 atom stereocenters. The smallest absolute Gasteiger partial charge is 0.315 e. The van der Waals surface area contributed by atoms with Crippen LogP contribution in [0.2, 0.25) is 0 Å². The van der Waals surface area contributed by atoms with Crippen molar-refractivity contribution in [3.63, 3.8) is 0 Å². The first-order chi connectivity index (χ1) is 10.2. The van der Waals surface area contributed by atoms with E-state index < -0.39 is 0 Å². The fraction of sp³-hybridized carbons (Fsp3) is 0.357. The summed E-state index contributed by atoms with van der Waals surface area (Å²) in [6.07, 6.45) is 6.93. The lowest BCUT2D eigenvalue weighted by Gasteiger charge is -2.15. The van der Waals surface area contributed by atoms with Gasteiger partial charge in [-0.3, -0.25) is 0 Å². The normalized spacial score (nSPS) is 11.7. The van der Waals surface area contributed by atoms with E-state index in [1.807, 2.05) is 23.8 Å². The molecule has 0 radical (unpaired) electrons. The third-order valence-electron chi connectivity index (χ3n) is 2.90. The van der Waals surface area contributed by atoms with Gasteiger partial charge in [0.05, 0.1) is 13.4 Å². The van der Waals surface area contributed by atoms with E-state index in [1.165, 1.54) is 0 Å². The van der Waals surface area contributed by atoms with Crippen LogP contribution < -0.4 is 15.4 Å². The van der Waals surface area contributed by atoms with Gasteiger partial charge in [0.25, 0.3) is 0 Å². The van der Waals surface area contributed by atoms with Crippen molar-refractivity contribution in [3.05, 3.63) is 42.6 Å². The van der Waals surface area contributed by atoms with Crippen LogP contribution in [-0.2, 0) is 13.1 Å². The van der Waals surface area contributed by atoms with Crippen molar-refractivity contribution >= 4 is 6.03 Å². The number of amides is 2. The molecule has 0 fully saturated rings. The highest BCUT2D eigenvalue weighted by molar-refractivity contribution is 5.74. The van der Waals surface area contributed by atoms with E-state index >= 15 is 0 Å². The number of hydrogen-bond donors (Lipinski definition) is 2. The predicted octanol–water partition coefficient (Wildman–Crippen LogP) is 1.17. The third kappa shape index (κ3) is 4.48. The van der Waals surface area contributed by atoms with Crippen LogP contribution in [0.5, 0.6) is 5.88 Å². The predicted molar refractivity (Wildman–Crippen MR) is 77.8 cm³/mol. The van der Waals surface area contributed by atoms with Crippen LogP contribution in [0.4, 0.5) is 4.79 Å². The van der Waals surface area contributed by atoms with E-state index in [-0.39, 0.29) is 12.1 Å². The van der Waals surface area contributed by atoms with Crippen molar-refractivity contribution in [1.29, 1.82) is 0 Å². The summed E-state index contributed by atoms with van der Waals surface area (Å²) in [6.45, 7) is 2.97. The van der Waals surface area contributed by atoms with Crippen LogP contribution in [0, 0.1) is 0 Å². The number of imidazole rings is 1. The zero-order valence-corrected chi connectivity index (χ0v) is 12.1. The van der Waals surface area contributed by atoms with Gasteiger partial charge in [-0.05, 0) is 13.0 Å². The highest BCUT2D eigenvalue weighted by Gasteiger charge is 2.09. The van der Waals surface area contributed by atoms with Crippen LogP contribution in [-0.4, -0.2) is 33.7 Å². The molecule has 2 heterocycles. The summed E-state index contributed by atoms with van der Waals surface area (Å²) in [7, 11) is 1.55. The molecule has 0 aliphatic rings. The third-order valence-corrected chi connectivity index (χ3v) is 2.90. The van der Waals surface area contributed by atoms with Gasteiger partial charge in [-0.2, -0.15) is 0 Å². The minimum Gasteiger partial charge on any atom is -0.481 e. The van der Waals surface area contributed by atoms with Gasteiger partial charge in [0, 0.05) is 43.3 Å². The van der Waals surface area contributed by atoms with Crippen molar-refractivity contribution in [1.82, 2.24) is 25.2 Å². The summed E-state index contributed by atoms with van der Waals surface area (Å²) >= 11 is 0. The van der Waals surface area contributed by atoms with E-state index in [9.17, 15) is 4.79 Å². The summed E-state index contributed by atoms with van der Waals surface area (Å²) in [5.74, 6) is 0.518. The Labute approximate surface area is 123 Å². The highest BCUT2D eigenvalue weighted by atomic mass is 16.5. The Hall–Kier alpha value is -2.57. The van der Waals surface area contributed by atoms with Gasteiger partial charge in [-0.15, -0.1) is 0 Å². The Morgan fingerprint density at radius 1 is 1.48 bits per heavy atom. The molecule has 21 heavy (non-hydrogen) atoms. The second-order valence-electron chi connectivity index (χ2n) is 4.66. The van der Waals surface area contributed by atoms with Crippen LogP contribution in [0.15, 0.2) is 37.1 Å². The Bertz CT molecular complexity index is 571. The fourth-order valence-corrected chi connectivity index (χ4v) is 1.95. The molecule has 1 unspecified atom stereocenters. The first-order valence-electron chi connectivity index (χ1n) is 6.67. The lowest BCUT2D eigenvalue weighted by molar-refractivity contribution is 0.236. The number of nitrogens with zero attached hydrogens (tertiary/aromatic N) is 3. The summed E-state index contributed by atoms with van der Waals surface area (Å²) in [6, 6.07) is 3.43. The van der Waals surface area contributed by atoms with Crippen molar-refractivity contribution < 1.29 is 9.53 Å². The van der Waals surface area contributed by atoms with Gasteiger partial charge >= 0.3 is 6.03 Å². The summed E-state index contributed by atoms with van der Waals surface area (Å²) in [4.78, 5) is 19.9. The molecule has 0 aromatic carbocycles. The second kappa shape index (κ2) is 7.28. The van der Waals surface area contributed by atoms with Crippen molar-refractivity contribution in [3.8, 4) is 5.88 Å². The van der Waals surface area contributed by atoms with Crippen LogP contribution >= 0.6 is 0 Å². The molecule has 0 saturated carbocycles. The maximum Gasteiger partial charge on any atom is 0.315 e. The first-order valence-corrected chi connectivity index (χ1v) is 6.67. The molecule has 0 bridgehead atoms. The molecule has 2 rings (SSSR count). The summed E-state index contributed by atoms with van der Waals surface area (Å²) < 4.78 is 7.05. The van der Waals surface area contributed by atoms with Crippen molar-refractivity contribution in [2.75, 3.05) is 7.11 Å². The maximum atomic E-state index is 11.8. The van der Waals surface area contributed by atoms with Crippen molar-refractivity contribution in [2.45, 2.75) is 26.1 Å². The molecule has 112 valence electrons. The average molecular weight is 289 g/mol. The SMILES string of the molecule is COc1ncccc1CNC(=O)NC(C)Cn1ccnc1. The van der Waals surface area contributed by atoms with Gasteiger partial charge < -0.3 is 19.9 Å². The number of carbonyl (C=O) groups is 1. The fourth-order valence-electron chi connectivity index (χ4n) is 1.95. The Balaban J connectivity index is 1.79. The van der Waals surface area contributed by atoms with Gasteiger partial charge in [-0.25, -0.2) is 14.8 Å². The number of ether oxygens (including phenoxy) is 1. The van der Waals surface area contributed by atoms with Crippen molar-refractivity contribution in [2.24, 2.45) is 0 Å². The molecule has 2 N–H and O–H groups in total. The maximum absolute atomic E-state index is 11.8. The highest BCUT2D eigenvalue weighted by Crippen LogP contribution is 2.12. The molecule has 2 aromatic heterocycles. The van der Waals surface area contributed by atoms with Gasteiger partial charge in [0.1, 0.15) is 0 Å². The second-order valence-corrected chi connectivity index (χ2v) is 4.66. The number of aromatic nitrogens is 3. The quantitative estimate of drug-likeness (QED) is 0.836. The summed E-state index contributed by atoms with van der Waals surface area (Å²) in [5.41, 5.74) is 0.831. The number of pyridine rings is 1. The largest absolute Gasteiger partial charge is 0.481 e. The van der Waals surface area contributed by atoms with Gasteiger partial charge in [0.2, 0.25) is 5.88 Å². The molecule has 7 heteroatoms. The monoisotopic (exact) mass is 289 g/mol. The van der Waals surface area contributed by atoms with E-state index in [2.05, 4.69) is 20.6 Å². The number of nitrogens with one attached hydrogen (secondary N) is 2. The van der Waals surface area contributed by atoms with Gasteiger partial charge in [0.15, 0.2) is 0 Å².